The smallest absolute Gasteiger partial charge is 0.309 e. The van der Waals surface area contributed by atoms with E-state index in [9.17, 15) is 4.79 Å². The summed E-state index contributed by atoms with van der Waals surface area (Å²) < 4.78 is 13.0. The Balaban J connectivity index is 1.75. The monoisotopic (exact) mass is 418 g/mol. The highest BCUT2D eigenvalue weighted by atomic mass is 79.9. The molecule has 1 aliphatic rings. The Morgan fingerprint density at radius 3 is 2.62 bits per heavy atom. The van der Waals surface area contributed by atoms with Crippen LogP contribution in [0.4, 0.5) is 0 Å². The van der Waals surface area contributed by atoms with Crippen LogP contribution in [0.2, 0.25) is 0 Å². The van der Waals surface area contributed by atoms with E-state index in [0.717, 1.165) is 45.9 Å². The molecule has 0 spiro atoms. The second kappa shape index (κ2) is 8.18. The quantitative estimate of drug-likeness (QED) is 0.496. The van der Waals surface area contributed by atoms with Gasteiger partial charge in [-0.25, -0.2) is 0 Å². The average molecular weight is 420 g/mol. The van der Waals surface area contributed by atoms with Crippen molar-refractivity contribution < 1.29 is 14.3 Å². The molecule has 0 aliphatic heterocycles. The topological polar surface area (TPSA) is 35.5 Å². The molecule has 5 heteroatoms. The van der Waals surface area contributed by atoms with Crippen LogP contribution in [0, 0.1) is 12.8 Å². The van der Waals surface area contributed by atoms with Gasteiger partial charge in [-0.3, -0.25) is 4.79 Å². The highest BCUT2D eigenvalue weighted by Gasteiger charge is 2.22. The first kappa shape index (κ1) is 16.8. The molecular weight excluding hydrogens is 400 g/mol. The molecule has 2 rings (SSSR count). The minimum atomic E-state index is -0.0644. The van der Waals surface area contributed by atoms with Gasteiger partial charge < -0.3 is 9.47 Å². The molecule has 0 unspecified atom stereocenters. The van der Waals surface area contributed by atoms with Gasteiger partial charge in [-0.2, -0.15) is 0 Å². The molecule has 116 valence electrons. The molecule has 1 aromatic rings. The van der Waals surface area contributed by atoms with E-state index in [2.05, 4.69) is 31.9 Å². The number of carbonyl (C=O) groups is 1. The Bertz CT molecular complexity index is 497. The van der Waals surface area contributed by atoms with Crippen LogP contribution in [0.1, 0.15) is 37.7 Å². The third-order valence-electron chi connectivity index (χ3n) is 3.79. The number of hydrogen-bond acceptors (Lipinski definition) is 3. The summed E-state index contributed by atoms with van der Waals surface area (Å²) in [6.45, 7) is 2.67. The van der Waals surface area contributed by atoms with Gasteiger partial charge in [-0.05, 0) is 31.9 Å². The van der Waals surface area contributed by atoms with Gasteiger partial charge in [-0.15, -0.1) is 0 Å². The van der Waals surface area contributed by atoms with E-state index in [1.54, 1.807) is 0 Å². The summed E-state index contributed by atoms with van der Waals surface area (Å²) in [6, 6.07) is 3.90. The first-order chi connectivity index (χ1) is 10.1. The van der Waals surface area contributed by atoms with E-state index in [4.69, 9.17) is 9.47 Å². The van der Waals surface area contributed by atoms with Crippen molar-refractivity contribution >= 4 is 37.8 Å². The summed E-state index contributed by atoms with van der Waals surface area (Å²) in [5, 5.41) is 0. The number of carbonyl (C=O) groups excluding carboxylic acids is 1. The zero-order chi connectivity index (χ0) is 15.2. The van der Waals surface area contributed by atoms with Crippen LogP contribution >= 0.6 is 31.9 Å². The average Bonchev–Trinajstić information content (AvgIpc) is 2.49. The number of halogens is 2. The van der Waals surface area contributed by atoms with Crippen molar-refractivity contribution in [2.24, 2.45) is 5.92 Å². The van der Waals surface area contributed by atoms with Crippen molar-refractivity contribution in [2.75, 3.05) is 13.2 Å². The molecule has 1 aromatic carbocycles. The van der Waals surface area contributed by atoms with Crippen molar-refractivity contribution in [3.63, 3.8) is 0 Å². The third-order valence-corrected chi connectivity index (χ3v) is 5.07. The SMILES string of the molecule is Cc1c(Br)cc(Br)cc1OCCOC(=O)C1CCCCC1. The van der Waals surface area contributed by atoms with Gasteiger partial charge in [0.1, 0.15) is 19.0 Å². The van der Waals surface area contributed by atoms with Crippen molar-refractivity contribution in [3.05, 3.63) is 26.6 Å². The van der Waals surface area contributed by atoms with E-state index in [-0.39, 0.29) is 11.9 Å². The fourth-order valence-electron chi connectivity index (χ4n) is 2.52. The fourth-order valence-corrected chi connectivity index (χ4v) is 3.71. The number of hydrogen-bond donors (Lipinski definition) is 0. The molecule has 1 fully saturated rings. The normalized spacial score (nSPS) is 15.8. The van der Waals surface area contributed by atoms with Gasteiger partial charge in [0.15, 0.2) is 0 Å². The summed E-state index contributed by atoms with van der Waals surface area (Å²) in [4.78, 5) is 11.9. The van der Waals surface area contributed by atoms with Crippen molar-refractivity contribution in [1.29, 1.82) is 0 Å². The Morgan fingerprint density at radius 1 is 1.19 bits per heavy atom. The minimum Gasteiger partial charge on any atom is -0.490 e. The Kier molecular flexibility index (Phi) is 6.55. The maximum absolute atomic E-state index is 11.9. The molecule has 0 saturated heterocycles. The lowest BCUT2D eigenvalue weighted by molar-refractivity contribution is -0.150. The summed E-state index contributed by atoms with van der Waals surface area (Å²) in [6.07, 6.45) is 5.46. The number of benzene rings is 1. The van der Waals surface area contributed by atoms with Crippen LogP contribution in [0.5, 0.6) is 5.75 Å². The molecule has 0 bridgehead atoms. The first-order valence-electron chi connectivity index (χ1n) is 7.33. The summed E-state index contributed by atoms with van der Waals surface area (Å²) in [7, 11) is 0. The van der Waals surface area contributed by atoms with Gasteiger partial charge in [0.2, 0.25) is 0 Å². The van der Waals surface area contributed by atoms with Crippen LogP contribution < -0.4 is 4.74 Å². The number of rotatable bonds is 5. The van der Waals surface area contributed by atoms with Crippen LogP contribution in [0.3, 0.4) is 0 Å². The second-order valence-electron chi connectivity index (χ2n) is 5.36. The van der Waals surface area contributed by atoms with E-state index in [1.165, 1.54) is 6.42 Å². The third kappa shape index (κ3) is 4.99. The molecule has 0 N–H and O–H groups in total. The molecule has 0 atom stereocenters. The van der Waals surface area contributed by atoms with Crippen molar-refractivity contribution in [3.8, 4) is 5.75 Å². The van der Waals surface area contributed by atoms with Crippen LogP contribution in [-0.2, 0) is 9.53 Å². The lowest BCUT2D eigenvalue weighted by Crippen LogP contribution is -2.22. The van der Waals surface area contributed by atoms with Gasteiger partial charge in [-0.1, -0.05) is 51.1 Å². The molecule has 0 radical (unpaired) electrons. The van der Waals surface area contributed by atoms with Gasteiger partial charge in [0.05, 0.1) is 5.92 Å². The second-order valence-corrected chi connectivity index (χ2v) is 7.13. The molecule has 3 nitrogen and oxygen atoms in total. The van der Waals surface area contributed by atoms with E-state index in [0.29, 0.717) is 13.2 Å². The fraction of sp³-hybridized carbons (Fsp3) is 0.562. The largest absolute Gasteiger partial charge is 0.490 e. The predicted molar refractivity (Wildman–Crippen MR) is 89.6 cm³/mol. The molecule has 0 aromatic heterocycles. The lowest BCUT2D eigenvalue weighted by Gasteiger charge is -2.20. The summed E-state index contributed by atoms with van der Waals surface area (Å²) in [5.74, 6) is 0.830. The van der Waals surface area contributed by atoms with E-state index < -0.39 is 0 Å². The number of ether oxygens (including phenoxy) is 2. The summed E-state index contributed by atoms with van der Waals surface area (Å²) >= 11 is 6.92. The maximum Gasteiger partial charge on any atom is 0.309 e. The zero-order valence-corrected chi connectivity index (χ0v) is 15.3. The summed E-state index contributed by atoms with van der Waals surface area (Å²) in [5.41, 5.74) is 1.04. The molecule has 1 saturated carbocycles. The van der Waals surface area contributed by atoms with Crippen LogP contribution in [0.15, 0.2) is 21.1 Å². The van der Waals surface area contributed by atoms with Crippen LogP contribution in [-0.4, -0.2) is 19.2 Å². The van der Waals surface area contributed by atoms with E-state index >= 15 is 0 Å². The predicted octanol–water partition coefficient (Wildman–Crippen LogP) is 5.02. The Labute approximate surface area is 142 Å². The molecule has 1 aliphatic carbocycles. The van der Waals surface area contributed by atoms with Crippen LogP contribution in [0.25, 0.3) is 0 Å². The Morgan fingerprint density at radius 2 is 1.90 bits per heavy atom. The standard InChI is InChI=1S/C16H20Br2O3/c1-11-14(18)9-13(17)10-15(11)20-7-8-21-16(19)12-5-3-2-4-6-12/h9-10,12H,2-8H2,1H3. The molecule has 0 heterocycles. The van der Waals surface area contributed by atoms with Crippen molar-refractivity contribution in [1.82, 2.24) is 0 Å². The highest BCUT2D eigenvalue weighted by Crippen LogP contribution is 2.30. The van der Waals surface area contributed by atoms with Gasteiger partial charge in [0.25, 0.3) is 0 Å². The highest BCUT2D eigenvalue weighted by molar-refractivity contribution is 9.11. The van der Waals surface area contributed by atoms with E-state index in [1.807, 2.05) is 19.1 Å². The molecule has 21 heavy (non-hydrogen) atoms. The Hall–Kier alpha value is -0.550. The van der Waals surface area contributed by atoms with Gasteiger partial charge in [0, 0.05) is 14.5 Å². The number of esters is 1. The molecule has 0 amide bonds. The lowest BCUT2D eigenvalue weighted by atomic mass is 9.89. The maximum atomic E-state index is 11.9. The zero-order valence-electron chi connectivity index (χ0n) is 12.2. The minimum absolute atomic E-state index is 0.0644. The molecular formula is C16H20Br2O3. The van der Waals surface area contributed by atoms with Gasteiger partial charge >= 0.3 is 5.97 Å². The first-order valence-corrected chi connectivity index (χ1v) is 8.91. The van der Waals surface area contributed by atoms with Crippen molar-refractivity contribution in [2.45, 2.75) is 39.0 Å².